The molecule has 1 aromatic rings. The van der Waals surface area contributed by atoms with E-state index in [0.29, 0.717) is 6.04 Å². The average molecular weight is 277 g/mol. The highest BCUT2D eigenvalue weighted by molar-refractivity contribution is 5.18. The van der Waals surface area contributed by atoms with Gasteiger partial charge in [-0.15, -0.1) is 0 Å². The number of ether oxygens (including phenoxy) is 1. The first kappa shape index (κ1) is 15.4. The van der Waals surface area contributed by atoms with Gasteiger partial charge in [0.1, 0.15) is 0 Å². The van der Waals surface area contributed by atoms with Crippen LogP contribution < -0.4 is 5.73 Å². The van der Waals surface area contributed by atoms with Gasteiger partial charge in [-0.05, 0) is 37.5 Å². The summed E-state index contributed by atoms with van der Waals surface area (Å²) in [5.41, 5.74) is 7.71. The predicted molar refractivity (Wildman–Crippen MR) is 81.4 cm³/mol. The smallest absolute Gasteiger partial charge is 0.0675 e. The van der Waals surface area contributed by atoms with Crippen LogP contribution in [0.1, 0.15) is 45.2 Å². The van der Waals surface area contributed by atoms with Crippen LogP contribution in [0, 0.1) is 0 Å². The van der Waals surface area contributed by atoms with E-state index in [4.69, 9.17) is 10.5 Å². The van der Waals surface area contributed by atoms with Gasteiger partial charge in [-0.3, -0.25) is 9.88 Å². The van der Waals surface area contributed by atoms with Gasteiger partial charge < -0.3 is 10.5 Å². The molecule has 2 heterocycles. The monoisotopic (exact) mass is 277 g/mol. The van der Waals surface area contributed by atoms with E-state index in [1.807, 2.05) is 12.4 Å². The summed E-state index contributed by atoms with van der Waals surface area (Å²) >= 11 is 0. The molecule has 0 radical (unpaired) electrons. The molecule has 2 rings (SSSR count). The standard InChI is InChI=1S/C16H27N3O/c1-4-14-11-20-12(3)10-19(14)16(15(17)5-2)13-6-8-18-9-7-13/h6-9,12,14-16H,4-5,10-11,17H2,1-3H3. The van der Waals surface area contributed by atoms with E-state index in [1.54, 1.807) is 0 Å². The highest BCUT2D eigenvalue weighted by Gasteiger charge is 2.34. The molecule has 0 amide bonds. The summed E-state index contributed by atoms with van der Waals surface area (Å²) in [5, 5.41) is 0. The molecule has 0 saturated carbocycles. The molecule has 2 N–H and O–H groups in total. The van der Waals surface area contributed by atoms with E-state index in [2.05, 4.69) is 42.8 Å². The quantitative estimate of drug-likeness (QED) is 0.897. The van der Waals surface area contributed by atoms with E-state index in [9.17, 15) is 0 Å². The molecule has 1 saturated heterocycles. The molecular formula is C16H27N3O. The molecule has 1 aliphatic heterocycles. The van der Waals surface area contributed by atoms with Crippen LogP contribution in [0.5, 0.6) is 0 Å². The van der Waals surface area contributed by atoms with Gasteiger partial charge in [-0.25, -0.2) is 0 Å². The topological polar surface area (TPSA) is 51.4 Å². The maximum Gasteiger partial charge on any atom is 0.0675 e. The third kappa shape index (κ3) is 3.37. The number of hydrogen-bond acceptors (Lipinski definition) is 4. The minimum Gasteiger partial charge on any atom is -0.376 e. The zero-order valence-corrected chi connectivity index (χ0v) is 12.8. The number of pyridine rings is 1. The molecule has 1 fully saturated rings. The lowest BCUT2D eigenvalue weighted by Gasteiger charge is -2.45. The van der Waals surface area contributed by atoms with Crippen LogP contribution in [0.3, 0.4) is 0 Å². The van der Waals surface area contributed by atoms with Crippen LogP contribution in [-0.2, 0) is 4.74 Å². The van der Waals surface area contributed by atoms with Gasteiger partial charge in [0.2, 0.25) is 0 Å². The van der Waals surface area contributed by atoms with Crippen LogP contribution in [0.2, 0.25) is 0 Å². The fourth-order valence-electron chi connectivity index (χ4n) is 3.03. The van der Waals surface area contributed by atoms with Gasteiger partial charge in [-0.1, -0.05) is 13.8 Å². The van der Waals surface area contributed by atoms with Crippen molar-refractivity contribution in [3.8, 4) is 0 Å². The van der Waals surface area contributed by atoms with E-state index >= 15 is 0 Å². The van der Waals surface area contributed by atoms with Crippen LogP contribution in [-0.4, -0.2) is 41.2 Å². The summed E-state index contributed by atoms with van der Waals surface area (Å²) in [7, 11) is 0. The summed E-state index contributed by atoms with van der Waals surface area (Å²) in [6.45, 7) is 8.26. The van der Waals surface area contributed by atoms with Gasteiger partial charge in [-0.2, -0.15) is 0 Å². The highest BCUT2D eigenvalue weighted by atomic mass is 16.5. The Morgan fingerprint density at radius 3 is 2.70 bits per heavy atom. The Morgan fingerprint density at radius 2 is 2.10 bits per heavy atom. The highest BCUT2D eigenvalue weighted by Crippen LogP contribution is 2.30. The molecule has 1 aliphatic rings. The lowest BCUT2D eigenvalue weighted by Crippen LogP contribution is -2.53. The maximum absolute atomic E-state index is 6.44. The molecule has 4 unspecified atom stereocenters. The minimum absolute atomic E-state index is 0.136. The Morgan fingerprint density at radius 1 is 1.40 bits per heavy atom. The second-order valence-corrected chi connectivity index (χ2v) is 5.70. The molecule has 0 spiro atoms. The van der Waals surface area contributed by atoms with E-state index in [0.717, 1.165) is 26.0 Å². The molecule has 0 aromatic carbocycles. The Balaban J connectivity index is 2.29. The molecule has 4 atom stereocenters. The number of hydrogen-bond donors (Lipinski definition) is 1. The van der Waals surface area contributed by atoms with Gasteiger partial charge in [0.05, 0.1) is 18.8 Å². The molecule has 112 valence electrons. The number of morpholine rings is 1. The maximum atomic E-state index is 6.44. The largest absolute Gasteiger partial charge is 0.376 e. The summed E-state index contributed by atoms with van der Waals surface area (Å²) < 4.78 is 5.82. The predicted octanol–water partition coefficient (Wildman–Crippen LogP) is 2.36. The first-order valence-corrected chi connectivity index (χ1v) is 7.70. The van der Waals surface area contributed by atoms with Crippen molar-refractivity contribution in [1.29, 1.82) is 0 Å². The Hall–Kier alpha value is -0.970. The van der Waals surface area contributed by atoms with Gasteiger partial charge in [0, 0.05) is 31.0 Å². The van der Waals surface area contributed by atoms with Crippen molar-refractivity contribution in [2.75, 3.05) is 13.2 Å². The number of aromatic nitrogens is 1. The fourth-order valence-corrected chi connectivity index (χ4v) is 3.03. The number of rotatable bonds is 5. The van der Waals surface area contributed by atoms with E-state index in [-0.39, 0.29) is 18.2 Å². The normalized spacial score (nSPS) is 27.2. The summed E-state index contributed by atoms with van der Waals surface area (Å²) in [5.74, 6) is 0. The Kier molecular flexibility index (Phi) is 5.52. The van der Waals surface area contributed by atoms with Crippen LogP contribution in [0.15, 0.2) is 24.5 Å². The zero-order chi connectivity index (χ0) is 14.5. The number of nitrogens with zero attached hydrogens (tertiary/aromatic N) is 2. The van der Waals surface area contributed by atoms with Crippen molar-refractivity contribution in [2.45, 2.75) is 57.8 Å². The molecule has 4 heteroatoms. The van der Waals surface area contributed by atoms with Gasteiger partial charge in [0.25, 0.3) is 0 Å². The van der Waals surface area contributed by atoms with Crippen molar-refractivity contribution < 1.29 is 4.74 Å². The van der Waals surface area contributed by atoms with Crippen molar-refractivity contribution in [1.82, 2.24) is 9.88 Å². The third-order valence-electron chi connectivity index (χ3n) is 4.26. The molecule has 20 heavy (non-hydrogen) atoms. The molecule has 0 bridgehead atoms. The zero-order valence-electron chi connectivity index (χ0n) is 12.8. The van der Waals surface area contributed by atoms with E-state index < -0.39 is 0 Å². The van der Waals surface area contributed by atoms with Crippen LogP contribution >= 0.6 is 0 Å². The Labute approximate surface area is 122 Å². The van der Waals surface area contributed by atoms with Crippen molar-refractivity contribution >= 4 is 0 Å². The molecule has 0 aliphatic carbocycles. The molecule has 1 aromatic heterocycles. The lowest BCUT2D eigenvalue weighted by atomic mass is 9.94. The third-order valence-corrected chi connectivity index (χ3v) is 4.26. The van der Waals surface area contributed by atoms with Crippen LogP contribution in [0.25, 0.3) is 0 Å². The van der Waals surface area contributed by atoms with Crippen molar-refractivity contribution in [3.05, 3.63) is 30.1 Å². The summed E-state index contributed by atoms with van der Waals surface area (Å²) in [4.78, 5) is 6.67. The number of nitrogens with two attached hydrogens (primary N) is 1. The fraction of sp³-hybridized carbons (Fsp3) is 0.688. The SMILES string of the molecule is CCC(N)C(c1ccncc1)N1CC(C)OCC1CC. The molecular weight excluding hydrogens is 250 g/mol. The minimum atomic E-state index is 0.136. The first-order valence-electron chi connectivity index (χ1n) is 7.70. The first-order chi connectivity index (χ1) is 9.67. The van der Waals surface area contributed by atoms with Crippen LogP contribution in [0.4, 0.5) is 0 Å². The Bertz CT molecular complexity index is 398. The molecule has 4 nitrogen and oxygen atoms in total. The van der Waals surface area contributed by atoms with Gasteiger partial charge >= 0.3 is 0 Å². The van der Waals surface area contributed by atoms with Crippen molar-refractivity contribution in [3.63, 3.8) is 0 Å². The lowest BCUT2D eigenvalue weighted by molar-refractivity contribution is -0.0771. The average Bonchev–Trinajstić information content (AvgIpc) is 2.48. The summed E-state index contributed by atoms with van der Waals surface area (Å²) in [6, 6.07) is 5.01. The second kappa shape index (κ2) is 7.16. The summed E-state index contributed by atoms with van der Waals surface area (Å²) in [6.07, 6.45) is 6.04. The van der Waals surface area contributed by atoms with Crippen molar-refractivity contribution in [2.24, 2.45) is 5.73 Å². The second-order valence-electron chi connectivity index (χ2n) is 5.70. The van der Waals surface area contributed by atoms with E-state index in [1.165, 1.54) is 5.56 Å². The van der Waals surface area contributed by atoms with Gasteiger partial charge in [0.15, 0.2) is 0 Å².